The van der Waals surface area contributed by atoms with Gasteiger partial charge in [0.1, 0.15) is 0 Å². The highest BCUT2D eigenvalue weighted by atomic mass is 79.9. The van der Waals surface area contributed by atoms with Gasteiger partial charge in [0.05, 0.1) is 5.02 Å². The van der Waals surface area contributed by atoms with Crippen molar-refractivity contribution in [3.8, 4) is 0 Å². The molecule has 2 N–H and O–H groups in total. The molecular weight excluding hydrogens is 326 g/mol. The molecule has 6 heteroatoms. The van der Waals surface area contributed by atoms with Crippen LogP contribution in [0.25, 0.3) is 0 Å². The van der Waals surface area contributed by atoms with Gasteiger partial charge in [0.15, 0.2) is 5.60 Å². The maximum atomic E-state index is 11.9. The highest BCUT2D eigenvalue weighted by molar-refractivity contribution is 9.10. The molecule has 1 aromatic carbocycles. The summed E-state index contributed by atoms with van der Waals surface area (Å²) in [4.78, 5) is 11.9. The summed E-state index contributed by atoms with van der Waals surface area (Å²) in [6.45, 7) is 0. The van der Waals surface area contributed by atoms with Crippen LogP contribution in [0, 0.1) is 0 Å². The maximum absolute atomic E-state index is 11.9. The first-order valence-corrected chi connectivity index (χ1v) is 7.40. The Morgan fingerprint density at radius 1 is 1.59 bits per heavy atom. The second kappa shape index (κ2) is 5.18. The first-order chi connectivity index (χ1) is 8.01. The van der Waals surface area contributed by atoms with Gasteiger partial charge in [0.25, 0.3) is 5.91 Å². The molecule has 1 fully saturated rings. The van der Waals surface area contributed by atoms with E-state index in [0.717, 1.165) is 5.75 Å². The fourth-order valence-corrected chi connectivity index (χ4v) is 3.29. The van der Waals surface area contributed by atoms with Crippen LogP contribution >= 0.6 is 39.3 Å². The molecule has 1 amide bonds. The second-order valence-electron chi connectivity index (χ2n) is 3.92. The average molecular weight is 337 g/mol. The van der Waals surface area contributed by atoms with E-state index in [9.17, 15) is 9.90 Å². The smallest absolute Gasteiger partial charge is 0.257 e. The molecule has 0 radical (unpaired) electrons. The van der Waals surface area contributed by atoms with E-state index in [1.807, 2.05) is 0 Å². The molecule has 1 aliphatic rings. The lowest BCUT2D eigenvalue weighted by molar-refractivity contribution is -0.131. The van der Waals surface area contributed by atoms with E-state index >= 15 is 0 Å². The van der Waals surface area contributed by atoms with E-state index in [2.05, 4.69) is 21.2 Å². The number of nitrogens with one attached hydrogen (secondary N) is 1. The van der Waals surface area contributed by atoms with Gasteiger partial charge in [-0.1, -0.05) is 11.6 Å². The van der Waals surface area contributed by atoms with Crippen molar-refractivity contribution in [2.75, 3.05) is 16.8 Å². The molecule has 1 saturated heterocycles. The van der Waals surface area contributed by atoms with E-state index in [1.165, 1.54) is 0 Å². The highest BCUT2D eigenvalue weighted by Crippen LogP contribution is 2.30. The number of thioether (sulfide) groups is 1. The number of carbonyl (C=O) groups excluding carboxylic acids is 1. The first kappa shape index (κ1) is 13.2. The predicted octanol–water partition coefficient (Wildman–Crippen LogP) is 2.91. The number of anilines is 1. The lowest BCUT2D eigenvalue weighted by Gasteiger charge is -2.20. The van der Waals surface area contributed by atoms with Crippen LogP contribution in [0.1, 0.15) is 6.42 Å². The van der Waals surface area contributed by atoms with E-state index in [1.54, 1.807) is 30.0 Å². The zero-order valence-electron chi connectivity index (χ0n) is 8.87. The Bertz CT molecular complexity index is 449. The zero-order chi connectivity index (χ0) is 12.5. The van der Waals surface area contributed by atoms with Crippen LogP contribution in [0.2, 0.25) is 5.02 Å². The van der Waals surface area contributed by atoms with Gasteiger partial charge in [-0.25, -0.2) is 0 Å². The third-order valence-corrected chi connectivity index (χ3v) is 4.99. The third kappa shape index (κ3) is 2.96. The van der Waals surface area contributed by atoms with Crippen molar-refractivity contribution < 1.29 is 9.90 Å². The van der Waals surface area contributed by atoms with Crippen molar-refractivity contribution in [3.05, 3.63) is 27.7 Å². The van der Waals surface area contributed by atoms with Gasteiger partial charge >= 0.3 is 0 Å². The van der Waals surface area contributed by atoms with Crippen LogP contribution in [0.4, 0.5) is 5.69 Å². The predicted molar refractivity (Wildman–Crippen MR) is 74.7 cm³/mol. The van der Waals surface area contributed by atoms with Gasteiger partial charge < -0.3 is 10.4 Å². The molecule has 2 rings (SSSR count). The van der Waals surface area contributed by atoms with E-state index < -0.39 is 5.60 Å². The van der Waals surface area contributed by atoms with Crippen molar-refractivity contribution in [2.24, 2.45) is 0 Å². The van der Waals surface area contributed by atoms with Crippen molar-refractivity contribution in [1.29, 1.82) is 0 Å². The van der Waals surface area contributed by atoms with Gasteiger partial charge in [0, 0.05) is 15.9 Å². The van der Waals surface area contributed by atoms with E-state index in [-0.39, 0.29) is 5.91 Å². The van der Waals surface area contributed by atoms with Crippen molar-refractivity contribution in [2.45, 2.75) is 12.0 Å². The van der Waals surface area contributed by atoms with Crippen molar-refractivity contribution in [1.82, 2.24) is 0 Å². The van der Waals surface area contributed by atoms with Gasteiger partial charge in [0.2, 0.25) is 0 Å². The number of hydrogen-bond acceptors (Lipinski definition) is 3. The summed E-state index contributed by atoms with van der Waals surface area (Å²) in [5, 5.41) is 13.4. The van der Waals surface area contributed by atoms with Crippen LogP contribution in [-0.4, -0.2) is 28.1 Å². The lowest BCUT2D eigenvalue weighted by Crippen LogP contribution is -2.42. The number of hydrogen-bond donors (Lipinski definition) is 2. The molecule has 1 aromatic rings. The number of halogens is 2. The molecule has 0 spiro atoms. The third-order valence-electron chi connectivity index (χ3n) is 2.60. The summed E-state index contributed by atoms with van der Waals surface area (Å²) in [7, 11) is 0. The molecule has 0 aliphatic carbocycles. The fourth-order valence-electron chi connectivity index (χ4n) is 1.55. The minimum atomic E-state index is -1.24. The molecule has 1 unspecified atom stereocenters. The van der Waals surface area contributed by atoms with Gasteiger partial charge in [-0.2, -0.15) is 11.8 Å². The first-order valence-electron chi connectivity index (χ1n) is 5.08. The molecule has 0 saturated carbocycles. The Kier molecular flexibility index (Phi) is 4.02. The molecule has 1 heterocycles. The van der Waals surface area contributed by atoms with Crippen LogP contribution in [-0.2, 0) is 4.79 Å². The highest BCUT2D eigenvalue weighted by Gasteiger charge is 2.39. The Balaban J connectivity index is 2.10. The summed E-state index contributed by atoms with van der Waals surface area (Å²) in [5.74, 6) is 0.915. The summed E-state index contributed by atoms with van der Waals surface area (Å²) in [6, 6.07) is 5.11. The van der Waals surface area contributed by atoms with Crippen LogP contribution in [0.15, 0.2) is 22.7 Å². The summed E-state index contributed by atoms with van der Waals surface area (Å²) in [5.41, 5.74) is -0.617. The number of amides is 1. The lowest BCUT2D eigenvalue weighted by atomic mass is 10.0. The molecule has 0 bridgehead atoms. The number of carbonyl (C=O) groups is 1. The molecule has 1 aliphatic heterocycles. The molecule has 17 heavy (non-hydrogen) atoms. The molecule has 3 nitrogen and oxygen atoms in total. The zero-order valence-corrected chi connectivity index (χ0v) is 12.0. The molecule has 0 aromatic heterocycles. The van der Waals surface area contributed by atoms with Crippen LogP contribution in [0.5, 0.6) is 0 Å². The normalized spacial score (nSPS) is 23.7. The number of rotatable bonds is 2. The van der Waals surface area contributed by atoms with Gasteiger partial charge in [-0.05, 0) is 46.3 Å². The Hall–Kier alpha value is -0.230. The van der Waals surface area contributed by atoms with Crippen LogP contribution in [0.3, 0.4) is 0 Å². The summed E-state index contributed by atoms with van der Waals surface area (Å²) < 4.78 is 0.713. The van der Waals surface area contributed by atoms with Crippen molar-refractivity contribution >= 4 is 50.9 Å². The van der Waals surface area contributed by atoms with E-state index in [4.69, 9.17) is 11.6 Å². The Labute approximate surface area is 117 Å². The molecular formula is C11H11BrClNO2S. The van der Waals surface area contributed by atoms with Gasteiger partial charge in [-0.15, -0.1) is 0 Å². The largest absolute Gasteiger partial charge is 0.379 e. The summed E-state index contributed by atoms with van der Waals surface area (Å²) in [6.07, 6.45) is 0.498. The fraction of sp³-hybridized carbons (Fsp3) is 0.364. The quantitative estimate of drug-likeness (QED) is 0.873. The van der Waals surface area contributed by atoms with E-state index in [0.29, 0.717) is 27.4 Å². The monoisotopic (exact) mass is 335 g/mol. The topological polar surface area (TPSA) is 49.3 Å². The standard InChI is InChI=1S/C11H11BrClNO2S/c12-8-5-7(1-2-9(8)13)14-10(15)11(16)3-4-17-6-11/h1-2,5,16H,3-4,6H2,(H,14,15). The molecule has 1 atom stereocenters. The Morgan fingerprint density at radius 2 is 2.35 bits per heavy atom. The van der Waals surface area contributed by atoms with Gasteiger partial charge in [-0.3, -0.25) is 4.79 Å². The van der Waals surface area contributed by atoms with Crippen LogP contribution < -0.4 is 5.32 Å². The minimum Gasteiger partial charge on any atom is -0.379 e. The molecule has 92 valence electrons. The SMILES string of the molecule is O=C(Nc1ccc(Cl)c(Br)c1)C1(O)CCSC1. The minimum absolute atomic E-state index is 0.350. The summed E-state index contributed by atoms with van der Waals surface area (Å²) >= 11 is 10.7. The number of benzene rings is 1. The Morgan fingerprint density at radius 3 is 2.94 bits per heavy atom. The number of aliphatic hydroxyl groups is 1. The maximum Gasteiger partial charge on any atom is 0.257 e. The van der Waals surface area contributed by atoms with Crippen molar-refractivity contribution in [3.63, 3.8) is 0 Å². The second-order valence-corrected chi connectivity index (χ2v) is 6.28. The average Bonchev–Trinajstić information content (AvgIpc) is 2.72.